The number of fused-ring (bicyclic) bond motifs is 8. The van der Waals surface area contributed by atoms with E-state index in [9.17, 15) is 4.79 Å². The Hall–Kier alpha value is -3.13. The van der Waals surface area contributed by atoms with E-state index in [1.807, 2.05) is 0 Å². The Morgan fingerprint density at radius 1 is 0.808 bits per heavy atom. The highest BCUT2D eigenvalue weighted by Crippen LogP contribution is 2.51. The van der Waals surface area contributed by atoms with Crippen molar-refractivity contribution in [3.05, 3.63) is 83.9 Å². The molecule has 126 valence electrons. The van der Waals surface area contributed by atoms with Crippen LogP contribution in [-0.4, -0.2) is 12.6 Å². The minimum Gasteiger partial charge on any atom is -0.465 e. The van der Waals surface area contributed by atoms with Crippen LogP contribution in [0.2, 0.25) is 0 Å². The van der Waals surface area contributed by atoms with E-state index in [0.29, 0.717) is 6.61 Å². The van der Waals surface area contributed by atoms with Gasteiger partial charge in [-0.05, 0) is 43.8 Å². The lowest BCUT2D eigenvalue weighted by Gasteiger charge is -2.17. The fraction of sp³-hybridized carbons (Fsp3) is 0.125. The molecule has 1 atom stereocenters. The summed E-state index contributed by atoms with van der Waals surface area (Å²) in [6.07, 6.45) is 0. The van der Waals surface area contributed by atoms with Crippen LogP contribution in [0.1, 0.15) is 24.0 Å². The van der Waals surface area contributed by atoms with Crippen molar-refractivity contribution in [3.63, 3.8) is 0 Å². The molecule has 1 aliphatic rings. The van der Waals surface area contributed by atoms with E-state index in [-0.39, 0.29) is 11.9 Å². The lowest BCUT2D eigenvalue weighted by atomic mass is 9.89. The van der Waals surface area contributed by atoms with Crippen LogP contribution >= 0.6 is 0 Å². The summed E-state index contributed by atoms with van der Waals surface area (Å²) in [6, 6.07) is 25.6. The van der Waals surface area contributed by atoms with Crippen molar-refractivity contribution in [1.82, 2.24) is 0 Å². The Balaban J connectivity index is 1.92. The van der Waals surface area contributed by atoms with E-state index < -0.39 is 0 Å². The van der Waals surface area contributed by atoms with Gasteiger partial charge in [-0.25, -0.2) is 0 Å². The Kier molecular flexibility index (Phi) is 3.32. The van der Waals surface area contributed by atoms with E-state index >= 15 is 0 Å². The number of carbonyl (C=O) groups excluding carboxylic acids is 1. The van der Waals surface area contributed by atoms with Crippen molar-refractivity contribution in [2.24, 2.45) is 0 Å². The largest absolute Gasteiger partial charge is 0.465 e. The lowest BCUT2D eigenvalue weighted by Crippen LogP contribution is -2.10. The molecule has 4 aromatic carbocycles. The van der Waals surface area contributed by atoms with Crippen molar-refractivity contribution >= 4 is 27.5 Å². The molecule has 0 radical (unpaired) electrons. The Morgan fingerprint density at radius 3 is 2.12 bits per heavy atom. The molecule has 2 heteroatoms. The molecule has 26 heavy (non-hydrogen) atoms. The van der Waals surface area contributed by atoms with Gasteiger partial charge in [0.1, 0.15) is 6.61 Å². The third-order valence-corrected chi connectivity index (χ3v) is 5.38. The van der Waals surface area contributed by atoms with Gasteiger partial charge in [-0.2, -0.15) is 0 Å². The number of benzene rings is 4. The molecule has 2 nitrogen and oxygen atoms in total. The molecule has 0 aliphatic heterocycles. The van der Waals surface area contributed by atoms with Gasteiger partial charge in [0.05, 0.1) is 0 Å². The van der Waals surface area contributed by atoms with E-state index in [2.05, 4.69) is 72.8 Å². The van der Waals surface area contributed by atoms with Gasteiger partial charge in [0, 0.05) is 12.8 Å². The smallest absolute Gasteiger partial charge is 0.302 e. The third kappa shape index (κ3) is 2.08. The fourth-order valence-corrected chi connectivity index (χ4v) is 4.38. The van der Waals surface area contributed by atoms with Gasteiger partial charge in [0.2, 0.25) is 0 Å². The van der Waals surface area contributed by atoms with E-state index in [1.165, 1.54) is 50.7 Å². The first-order valence-corrected chi connectivity index (χ1v) is 8.91. The highest BCUT2D eigenvalue weighted by atomic mass is 16.5. The second-order valence-electron chi connectivity index (χ2n) is 6.82. The number of ether oxygens (including phenoxy) is 1. The second-order valence-corrected chi connectivity index (χ2v) is 6.82. The Bertz CT molecular complexity index is 1170. The van der Waals surface area contributed by atoms with Gasteiger partial charge >= 0.3 is 5.97 Å². The molecule has 0 spiro atoms. The van der Waals surface area contributed by atoms with Crippen molar-refractivity contribution in [3.8, 4) is 11.1 Å². The second kappa shape index (κ2) is 5.70. The summed E-state index contributed by atoms with van der Waals surface area (Å²) < 4.78 is 5.46. The molecular weight excluding hydrogens is 320 g/mol. The van der Waals surface area contributed by atoms with E-state index in [0.717, 1.165) is 0 Å². The normalized spacial score (nSPS) is 15.0. The maximum atomic E-state index is 11.5. The highest BCUT2D eigenvalue weighted by molar-refractivity contribution is 6.17. The summed E-state index contributed by atoms with van der Waals surface area (Å²) in [6.45, 7) is 1.85. The molecule has 0 aromatic heterocycles. The maximum absolute atomic E-state index is 11.5. The first kappa shape index (κ1) is 15.2. The summed E-state index contributed by atoms with van der Waals surface area (Å²) in [4.78, 5) is 11.5. The van der Waals surface area contributed by atoms with Gasteiger partial charge in [0.15, 0.2) is 0 Å². The summed E-state index contributed by atoms with van der Waals surface area (Å²) in [5, 5.41) is 5.03. The predicted octanol–water partition coefficient (Wildman–Crippen LogP) is 5.67. The third-order valence-electron chi connectivity index (χ3n) is 5.38. The molecule has 5 rings (SSSR count). The van der Waals surface area contributed by atoms with Crippen molar-refractivity contribution < 1.29 is 9.53 Å². The zero-order valence-corrected chi connectivity index (χ0v) is 14.5. The molecule has 0 amide bonds. The predicted molar refractivity (Wildman–Crippen MR) is 105 cm³/mol. The molecule has 1 aliphatic carbocycles. The quantitative estimate of drug-likeness (QED) is 0.348. The summed E-state index contributed by atoms with van der Waals surface area (Å²) in [5.74, 6) is -0.166. The van der Waals surface area contributed by atoms with Crippen molar-refractivity contribution in [2.45, 2.75) is 12.8 Å². The van der Waals surface area contributed by atoms with Gasteiger partial charge in [-0.15, -0.1) is 0 Å². The minimum atomic E-state index is -0.235. The van der Waals surface area contributed by atoms with Crippen LogP contribution in [0, 0.1) is 0 Å². The maximum Gasteiger partial charge on any atom is 0.302 e. The Morgan fingerprint density at radius 2 is 1.38 bits per heavy atom. The van der Waals surface area contributed by atoms with Crippen LogP contribution in [0.3, 0.4) is 0 Å². The number of hydrogen-bond acceptors (Lipinski definition) is 2. The van der Waals surface area contributed by atoms with Crippen molar-refractivity contribution in [1.29, 1.82) is 0 Å². The lowest BCUT2D eigenvalue weighted by molar-refractivity contribution is -0.141. The fourth-order valence-electron chi connectivity index (χ4n) is 4.38. The molecule has 0 fully saturated rings. The van der Waals surface area contributed by atoms with Crippen molar-refractivity contribution in [2.75, 3.05) is 6.61 Å². The molecule has 0 N–H and O–H groups in total. The van der Waals surface area contributed by atoms with Gasteiger partial charge in [-0.1, -0.05) is 72.8 Å². The summed E-state index contributed by atoms with van der Waals surface area (Å²) >= 11 is 0. The molecule has 1 unspecified atom stereocenters. The average Bonchev–Trinajstić information content (AvgIpc) is 3.01. The first-order chi connectivity index (χ1) is 12.8. The van der Waals surface area contributed by atoms with E-state index in [4.69, 9.17) is 4.74 Å². The van der Waals surface area contributed by atoms with Crippen LogP contribution in [0.5, 0.6) is 0 Å². The van der Waals surface area contributed by atoms with Crippen LogP contribution in [-0.2, 0) is 9.53 Å². The molecule has 0 heterocycles. The zero-order valence-electron chi connectivity index (χ0n) is 14.5. The molecule has 0 saturated heterocycles. The molecule has 0 saturated carbocycles. The highest BCUT2D eigenvalue weighted by Gasteiger charge is 2.32. The monoisotopic (exact) mass is 338 g/mol. The van der Waals surface area contributed by atoms with Crippen LogP contribution in [0.25, 0.3) is 32.7 Å². The van der Waals surface area contributed by atoms with Crippen LogP contribution in [0.15, 0.2) is 72.8 Å². The van der Waals surface area contributed by atoms with Crippen LogP contribution in [0.4, 0.5) is 0 Å². The number of rotatable bonds is 2. The topological polar surface area (TPSA) is 26.3 Å². The first-order valence-electron chi connectivity index (χ1n) is 8.91. The number of esters is 1. The Labute approximate surface area is 152 Å². The molecular formula is C24H18O2. The van der Waals surface area contributed by atoms with E-state index in [1.54, 1.807) is 0 Å². The zero-order chi connectivity index (χ0) is 17.7. The summed E-state index contributed by atoms with van der Waals surface area (Å²) in [5.41, 5.74) is 5.06. The summed E-state index contributed by atoms with van der Waals surface area (Å²) in [7, 11) is 0. The van der Waals surface area contributed by atoms with Gasteiger partial charge < -0.3 is 4.74 Å². The number of hydrogen-bond donors (Lipinski definition) is 0. The standard InChI is InChI=1S/C24H18O2/c1-15(25)26-14-22-18-10-4-7-13-21(18)23-19-11-5-2-8-16(19)17-9-3-6-12-20(17)24(22)23/h2-13,22H,14H2,1H3. The van der Waals surface area contributed by atoms with Gasteiger partial charge in [0.25, 0.3) is 0 Å². The van der Waals surface area contributed by atoms with Gasteiger partial charge in [-0.3, -0.25) is 4.79 Å². The van der Waals surface area contributed by atoms with Crippen LogP contribution < -0.4 is 0 Å². The number of carbonyl (C=O) groups is 1. The SMILES string of the molecule is CC(=O)OCC1c2ccccc2-c2c1c1ccccc1c1ccccc21. The molecule has 4 aromatic rings. The average molecular weight is 338 g/mol. The minimum absolute atomic E-state index is 0.0691. The molecule has 0 bridgehead atoms.